The Hall–Kier alpha value is -2.58. The first-order chi connectivity index (χ1) is 13.7. The van der Waals surface area contributed by atoms with Gasteiger partial charge in [0.25, 0.3) is 0 Å². The van der Waals surface area contributed by atoms with Gasteiger partial charge in [0.1, 0.15) is 0 Å². The third-order valence-corrected chi connectivity index (χ3v) is 6.62. The molecule has 0 aliphatic carbocycles. The summed E-state index contributed by atoms with van der Waals surface area (Å²) < 4.78 is 1.98. The zero-order chi connectivity index (χ0) is 19.3. The smallest absolute Gasteiger partial charge is 0.321 e. The highest BCUT2D eigenvalue weighted by atomic mass is 32.2. The lowest BCUT2D eigenvalue weighted by molar-refractivity contribution is -0.113. The summed E-state index contributed by atoms with van der Waals surface area (Å²) in [6, 6.07) is 15.1. The summed E-state index contributed by atoms with van der Waals surface area (Å²) in [5.74, 6) is 0.126. The Morgan fingerprint density at radius 2 is 1.68 bits per heavy atom. The van der Waals surface area contributed by atoms with Crippen molar-refractivity contribution in [2.24, 2.45) is 0 Å². The molecular formula is C20H20N4O2S2. The first-order valence-corrected chi connectivity index (χ1v) is 10.9. The minimum atomic E-state index is -0.132. The van der Waals surface area contributed by atoms with Gasteiger partial charge in [-0.25, -0.2) is 9.78 Å². The minimum Gasteiger partial charge on any atom is -0.325 e. The van der Waals surface area contributed by atoms with Gasteiger partial charge in [-0.1, -0.05) is 36.0 Å². The summed E-state index contributed by atoms with van der Waals surface area (Å²) in [5.41, 5.74) is 2.16. The molecule has 1 fully saturated rings. The summed E-state index contributed by atoms with van der Waals surface area (Å²) in [7, 11) is 0. The van der Waals surface area contributed by atoms with E-state index in [0.717, 1.165) is 40.5 Å². The van der Waals surface area contributed by atoms with Crippen molar-refractivity contribution in [3.05, 3.63) is 48.5 Å². The molecule has 0 unspecified atom stereocenters. The van der Waals surface area contributed by atoms with E-state index >= 15 is 0 Å². The number of nitrogens with one attached hydrogen (secondary N) is 2. The van der Waals surface area contributed by atoms with Crippen molar-refractivity contribution in [2.75, 3.05) is 29.5 Å². The number of fused-ring (bicyclic) bond motifs is 1. The molecule has 8 heteroatoms. The van der Waals surface area contributed by atoms with Crippen molar-refractivity contribution < 1.29 is 9.59 Å². The first kappa shape index (κ1) is 18.8. The number of thioether (sulfide) groups is 1. The molecule has 0 radical (unpaired) electrons. The number of carbonyl (C=O) groups is 2. The van der Waals surface area contributed by atoms with Crippen molar-refractivity contribution in [3.8, 4) is 0 Å². The van der Waals surface area contributed by atoms with Gasteiger partial charge in [0.2, 0.25) is 5.91 Å². The fourth-order valence-corrected chi connectivity index (χ4v) is 4.91. The fraction of sp³-hybridized carbons (Fsp3) is 0.250. The molecule has 2 aromatic carbocycles. The predicted octanol–water partition coefficient (Wildman–Crippen LogP) is 4.65. The summed E-state index contributed by atoms with van der Waals surface area (Å²) in [5, 5.41) is 5.80. The zero-order valence-corrected chi connectivity index (χ0v) is 16.8. The molecule has 3 amide bonds. The predicted molar refractivity (Wildman–Crippen MR) is 115 cm³/mol. The van der Waals surface area contributed by atoms with Crippen LogP contribution in [0.5, 0.6) is 0 Å². The second kappa shape index (κ2) is 8.62. The van der Waals surface area contributed by atoms with E-state index in [2.05, 4.69) is 15.6 Å². The highest BCUT2D eigenvalue weighted by molar-refractivity contribution is 8.01. The number of anilines is 2. The summed E-state index contributed by atoms with van der Waals surface area (Å²) in [6.07, 6.45) is 2.07. The maximum atomic E-state index is 12.4. The number of hydrogen-bond acceptors (Lipinski definition) is 5. The van der Waals surface area contributed by atoms with Crippen LogP contribution in [0, 0.1) is 0 Å². The Kier molecular flexibility index (Phi) is 5.78. The van der Waals surface area contributed by atoms with E-state index in [1.54, 1.807) is 28.4 Å². The molecule has 3 aromatic rings. The van der Waals surface area contributed by atoms with Crippen molar-refractivity contribution >= 4 is 56.6 Å². The number of thiazole rings is 1. The number of urea groups is 1. The third kappa shape index (κ3) is 4.45. The standard InChI is InChI=1S/C20H20N4O2S2/c25-18(13-27-20-23-16-9-3-4-10-17(16)28-20)21-14-7-1-2-8-15(14)22-19(26)24-11-5-6-12-24/h1-4,7-10H,5-6,11-13H2,(H,21,25)(H,22,26). The number of carbonyl (C=O) groups excluding carboxylic acids is 2. The zero-order valence-electron chi connectivity index (χ0n) is 15.2. The van der Waals surface area contributed by atoms with Gasteiger partial charge >= 0.3 is 6.03 Å². The molecule has 0 saturated carbocycles. The minimum absolute atomic E-state index is 0.122. The maximum absolute atomic E-state index is 12.4. The van der Waals surface area contributed by atoms with Gasteiger partial charge in [0, 0.05) is 13.1 Å². The molecule has 4 rings (SSSR count). The van der Waals surface area contributed by atoms with Crippen LogP contribution in [0.2, 0.25) is 0 Å². The van der Waals surface area contributed by atoms with E-state index in [1.807, 2.05) is 36.4 Å². The number of aromatic nitrogens is 1. The highest BCUT2D eigenvalue weighted by Crippen LogP contribution is 2.29. The topological polar surface area (TPSA) is 74.3 Å². The summed E-state index contributed by atoms with van der Waals surface area (Å²) in [6.45, 7) is 1.55. The molecule has 0 atom stereocenters. The molecule has 2 heterocycles. The van der Waals surface area contributed by atoms with Crippen molar-refractivity contribution in [1.29, 1.82) is 0 Å². The molecular weight excluding hydrogens is 392 g/mol. The summed E-state index contributed by atoms with van der Waals surface area (Å²) >= 11 is 2.99. The second-order valence-corrected chi connectivity index (χ2v) is 8.71. The molecule has 0 spiro atoms. The van der Waals surface area contributed by atoms with E-state index in [1.165, 1.54) is 11.8 Å². The van der Waals surface area contributed by atoms with E-state index in [-0.39, 0.29) is 17.7 Å². The Morgan fingerprint density at radius 3 is 2.43 bits per heavy atom. The Labute approximate surface area is 171 Å². The van der Waals surface area contributed by atoms with Crippen LogP contribution in [-0.4, -0.2) is 40.7 Å². The molecule has 0 bridgehead atoms. The quantitative estimate of drug-likeness (QED) is 0.598. The van der Waals surface area contributed by atoms with Crippen molar-refractivity contribution in [3.63, 3.8) is 0 Å². The van der Waals surface area contributed by atoms with Gasteiger partial charge in [0.05, 0.1) is 27.3 Å². The Bertz CT molecular complexity index is 966. The molecule has 1 aliphatic rings. The van der Waals surface area contributed by atoms with Crippen LogP contribution < -0.4 is 10.6 Å². The molecule has 6 nitrogen and oxygen atoms in total. The van der Waals surface area contributed by atoms with E-state index in [0.29, 0.717) is 11.4 Å². The van der Waals surface area contributed by atoms with Crippen LogP contribution in [0.1, 0.15) is 12.8 Å². The van der Waals surface area contributed by atoms with Crippen LogP contribution in [0.25, 0.3) is 10.2 Å². The van der Waals surface area contributed by atoms with Gasteiger partial charge in [-0.3, -0.25) is 4.79 Å². The number of rotatable bonds is 5. The number of amides is 3. The second-order valence-electron chi connectivity index (χ2n) is 6.45. The number of nitrogens with zero attached hydrogens (tertiary/aromatic N) is 2. The van der Waals surface area contributed by atoms with E-state index in [4.69, 9.17) is 0 Å². The van der Waals surface area contributed by atoms with Crippen LogP contribution in [-0.2, 0) is 4.79 Å². The largest absolute Gasteiger partial charge is 0.325 e. The lowest BCUT2D eigenvalue weighted by atomic mass is 10.2. The SMILES string of the molecule is O=C(CSc1nc2ccccc2s1)Nc1ccccc1NC(=O)N1CCCC1. The number of hydrogen-bond donors (Lipinski definition) is 2. The van der Waals surface area contributed by atoms with Crippen LogP contribution in [0.3, 0.4) is 0 Å². The molecule has 1 aromatic heterocycles. The van der Waals surface area contributed by atoms with E-state index < -0.39 is 0 Å². The Balaban J connectivity index is 1.36. The normalized spacial score (nSPS) is 13.6. The van der Waals surface area contributed by atoms with Gasteiger partial charge < -0.3 is 15.5 Å². The number of likely N-dealkylation sites (tertiary alicyclic amines) is 1. The Morgan fingerprint density at radius 1 is 1.00 bits per heavy atom. The third-order valence-electron chi connectivity index (χ3n) is 4.44. The van der Waals surface area contributed by atoms with Gasteiger partial charge in [0.15, 0.2) is 4.34 Å². The lowest BCUT2D eigenvalue weighted by Gasteiger charge is -2.18. The van der Waals surface area contributed by atoms with Crippen molar-refractivity contribution in [1.82, 2.24) is 9.88 Å². The average Bonchev–Trinajstić information content (AvgIpc) is 3.37. The molecule has 144 valence electrons. The molecule has 1 aliphatic heterocycles. The van der Waals surface area contributed by atoms with Crippen LogP contribution in [0.15, 0.2) is 52.9 Å². The number of para-hydroxylation sites is 3. The van der Waals surface area contributed by atoms with Gasteiger partial charge in [-0.15, -0.1) is 11.3 Å². The highest BCUT2D eigenvalue weighted by Gasteiger charge is 2.19. The summed E-state index contributed by atoms with van der Waals surface area (Å²) in [4.78, 5) is 31.1. The van der Waals surface area contributed by atoms with Gasteiger partial charge in [-0.2, -0.15) is 0 Å². The average molecular weight is 413 g/mol. The van der Waals surface area contributed by atoms with Crippen molar-refractivity contribution in [2.45, 2.75) is 17.2 Å². The van der Waals surface area contributed by atoms with E-state index in [9.17, 15) is 9.59 Å². The fourth-order valence-electron chi connectivity index (χ4n) is 3.04. The first-order valence-electron chi connectivity index (χ1n) is 9.12. The lowest BCUT2D eigenvalue weighted by Crippen LogP contribution is -2.32. The van der Waals surface area contributed by atoms with Crippen LogP contribution in [0.4, 0.5) is 16.2 Å². The number of benzene rings is 2. The van der Waals surface area contributed by atoms with Gasteiger partial charge in [-0.05, 0) is 37.1 Å². The molecule has 1 saturated heterocycles. The molecule has 28 heavy (non-hydrogen) atoms. The molecule has 2 N–H and O–H groups in total. The maximum Gasteiger partial charge on any atom is 0.321 e. The van der Waals surface area contributed by atoms with Crippen LogP contribution >= 0.6 is 23.1 Å². The monoisotopic (exact) mass is 412 g/mol.